The van der Waals surface area contributed by atoms with E-state index in [1.807, 2.05) is 6.20 Å². The van der Waals surface area contributed by atoms with Gasteiger partial charge in [-0.3, -0.25) is 9.97 Å². The monoisotopic (exact) mass is 640 g/mol. The molecule has 0 unspecified atom stereocenters. The van der Waals surface area contributed by atoms with Crippen molar-refractivity contribution in [2.24, 2.45) is 0 Å². The van der Waals surface area contributed by atoms with Gasteiger partial charge >= 0.3 is 0 Å². The largest absolute Gasteiger partial charge is 0.261 e. The normalized spacial score (nSPS) is 14.7. The van der Waals surface area contributed by atoms with E-state index < -0.39 is 0 Å². The second kappa shape index (κ2) is 10.3. The Balaban J connectivity index is 1.30. The van der Waals surface area contributed by atoms with Crippen molar-refractivity contribution in [3.05, 3.63) is 168 Å². The van der Waals surface area contributed by atoms with Crippen molar-refractivity contribution in [2.45, 2.75) is 38.5 Å². The van der Waals surface area contributed by atoms with Crippen molar-refractivity contribution in [3.8, 4) is 55.8 Å². The van der Waals surface area contributed by atoms with E-state index in [9.17, 15) is 0 Å². The molecule has 0 amide bonds. The van der Waals surface area contributed by atoms with Gasteiger partial charge in [0.15, 0.2) is 0 Å². The van der Waals surface area contributed by atoms with Crippen molar-refractivity contribution in [1.82, 2.24) is 9.97 Å². The molecule has 0 fully saturated rings. The molecule has 7 aromatic carbocycles. The maximum absolute atomic E-state index is 4.85. The predicted molar refractivity (Wildman–Crippen MR) is 208 cm³/mol. The average Bonchev–Trinajstić information content (AvgIpc) is 3.53. The number of hydrogen-bond donors (Lipinski definition) is 0. The Morgan fingerprint density at radius 2 is 0.980 bits per heavy atom. The van der Waals surface area contributed by atoms with Gasteiger partial charge in [-0.2, -0.15) is 0 Å². The van der Waals surface area contributed by atoms with Gasteiger partial charge in [-0.25, -0.2) is 0 Å². The van der Waals surface area contributed by atoms with E-state index in [1.165, 1.54) is 88.3 Å². The zero-order valence-electron chi connectivity index (χ0n) is 28.8. The molecule has 2 heteroatoms. The summed E-state index contributed by atoms with van der Waals surface area (Å²) >= 11 is 0. The van der Waals surface area contributed by atoms with Crippen molar-refractivity contribution in [1.29, 1.82) is 0 Å². The summed E-state index contributed by atoms with van der Waals surface area (Å²) in [7, 11) is 0. The van der Waals surface area contributed by atoms with E-state index >= 15 is 0 Å². The van der Waals surface area contributed by atoms with Crippen LogP contribution in [0.1, 0.15) is 49.9 Å². The predicted octanol–water partition coefficient (Wildman–Crippen LogP) is 12.4. The van der Waals surface area contributed by atoms with E-state index in [1.54, 1.807) is 12.4 Å². The van der Waals surface area contributed by atoms with Gasteiger partial charge < -0.3 is 0 Å². The average molecular weight is 641 g/mol. The lowest BCUT2D eigenvalue weighted by atomic mass is 9.80. The zero-order valence-corrected chi connectivity index (χ0v) is 28.8. The molecular weight excluding hydrogens is 605 g/mol. The van der Waals surface area contributed by atoms with Gasteiger partial charge in [-0.1, -0.05) is 143 Å². The first-order chi connectivity index (χ1) is 24.3. The summed E-state index contributed by atoms with van der Waals surface area (Å²) in [6.07, 6.45) is 5.44. The molecule has 10 rings (SSSR count). The van der Waals surface area contributed by atoms with Crippen LogP contribution in [0.3, 0.4) is 0 Å². The summed E-state index contributed by atoms with van der Waals surface area (Å²) in [6.45, 7) is 9.43. The summed E-state index contributed by atoms with van der Waals surface area (Å²) in [6, 6.07) is 47.7. The first kappa shape index (κ1) is 29.1. The van der Waals surface area contributed by atoms with E-state index in [-0.39, 0.29) is 10.8 Å². The number of rotatable bonds is 3. The molecular formula is C48H36N2. The fourth-order valence-electron chi connectivity index (χ4n) is 9.20. The number of fused-ring (bicyclic) bond motifs is 8. The molecule has 0 bridgehead atoms. The van der Waals surface area contributed by atoms with Crippen molar-refractivity contribution in [3.63, 3.8) is 0 Å². The van der Waals surface area contributed by atoms with Gasteiger partial charge in [0.25, 0.3) is 0 Å². The van der Waals surface area contributed by atoms with Crippen LogP contribution in [0.4, 0.5) is 0 Å². The molecule has 0 aliphatic heterocycles. The third-order valence-electron chi connectivity index (χ3n) is 11.6. The van der Waals surface area contributed by atoms with Crippen molar-refractivity contribution >= 4 is 21.5 Å². The van der Waals surface area contributed by atoms with Gasteiger partial charge in [0, 0.05) is 28.8 Å². The Hall–Kier alpha value is -5.86. The Morgan fingerprint density at radius 3 is 1.76 bits per heavy atom. The molecule has 2 aliphatic rings. The Morgan fingerprint density at radius 1 is 0.400 bits per heavy atom. The van der Waals surface area contributed by atoms with Gasteiger partial charge in [0.1, 0.15) is 0 Å². The summed E-state index contributed by atoms with van der Waals surface area (Å²) in [5.41, 5.74) is 17.7. The molecule has 2 nitrogen and oxygen atoms in total. The van der Waals surface area contributed by atoms with Crippen LogP contribution in [0, 0.1) is 0 Å². The lowest BCUT2D eigenvalue weighted by Crippen LogP contribution is -2.14. The zero-order chi connectivity index (χ0) is 33.8. The lowest BCUT2D eigenvalue weighted by Gasteiger charge is -2.23. The van der Waals surface area contributed by atoms with Crippen LogP contribution >= 0.6 is 0 Å². The number of nitrogens with zero attached hydrogens (tertiary/aromatic N) is 2. The van der Waals surface area contributed by atoms with Gasteiger partial charge in [0.2, 0.25) is 0 Å². The Bertz CT molecular complexity index is 2700. The highest BCUT2D eigenvalue weighted by Crippen LogP contribution is 2.55. The van der Waals surface area contributed by atoms with E-state index in [2.05, 4.69) is 160 Å². The smallest absolute Gasteiger partial charge is 0.0897 e. The standard InChI is InChI=1S/C48H36N2/c1-47(2)40-18-10-8-15-36(40)45-37(16-11-19-41(45)47)44-33-13-5-6-14-34(33)46(43-28-49-24-25-50-43)35-23-21-29(26-38(35)44)30-20-22-32-31-12-7-9-17-39(31)48(3,4)42(32)27-30/h5-28H,1-4H3. The fourth-order valence-corrected chi connectivity index (χ4v) is 9.20. The summed E-state index contributed by atoms with van der Waals surface area (Å²) in [5.74, 6) is 0. The molecule has 238 valence electrons. The minimum atomic E-state index is -0.0902. The Kier molecular flexibility index (Phi) is 6.01. The lowest BCUT2D eigenvalue weighted by molar-refractivity contribution is 0.660. The molecule has 0 saturated heterocycles. The van der Waals surface area contributed by atoms with Crippen molar-refractivity contribution in [2.75, 3.05) is 0 Å². The summed E-state index contributed by atoms with van der Waals surface area (Å²) in [4.78, 5) is 9.36. The molecule has 1 aromatic heterocycles. The molecule has 1 heterocycles. The first-order valence-electron chi connectivity index (χ1n) is 17.6. The Labute approximate surface area is 293 Å². The third kappa shape index (κ3) is 3.91. The minimum Gasteiger partial charge on any atom is -0.261 e. The highest BCUT2D eigenvalue weighted by molar-refractivity contribution is 6.23. The highest BCUT2D eigenvalue weighted by atomic mass is 14.8. The van der Waals surface area contributed by atoms with Crippen LogP contribution in [0.5, 0.6) is 0 Å². The maximum atomic E-state index is 4.85. The topological polar surface area (TPSA) is 25.8 Å². The van der Waals surface area contributed by atoms with Crippen LogP contribution in [0.25, 0.3) is 77.3 Å². The SMILES string of the molecule is CC1(C)c2ccccc2-c2ccc(-c3ccc4c(-c5cnccn5)c5ccccc5c(-c5cccc6c5-c5ccccc5C6(C)C)c4c3)cc21. The van der Waals surface area contributed by atoms with Crippen LogP contribution in [0.15, 0.2) is 146 Å². The van der Waals surface area contributed by atoms with Crippen LogP contribution in [-0.4, -0.2) is 9.97 Å². The van der Waals surface area contributed by atoms with E-state index in [0.717, 1.165) is 11.3 Å². The van der Waals surface area contributed by atoms with Crippen LogP contribution in [-0.2, 0) is 10.8 Å². The number of aromatic nitrogens is 2. The van der Waals surface area contributed by atoms with E-state index in [0.29, 0.717) is 0 Å². The highest BCUT2D eigenvalue weighted by Gasteiger charge is 2.38. The van der Waals surface area contributed by atoms with E-state index in [4.69, 9.17) is 4.98 Å². The second-order valence-corrected chi connectivity index (χ2v) is 15.0. The van der Waals surface area contributed by atoms with Crippen LogP contribution in [0.2, 0.25) is 0 Å². The number of hydrogen-bond acceptors (Lipinski definition) is 2. The molecule has 0 radical (unpaired) electrons. The maximum Gasteiger partial charge on any atom is 0.0897 e. The molecule has 0 atom stereocenters. The van der Waals surface area contributed by atoms with Gasteiger partial charge in [-0.05, 0) is 100 Å². The summed E-state index contributed by atoms with van der Waals surface area (Å²) < 4.78 is 0. The molecule has 50 heavy (non-hydrogen) atoms. The quantitative estimate of drug-likeness (QED) is 0.180. The molecule has 0 spiro atoms. The first-order valence-corrected chi connectivity index (χ1v) is 17.6. The molecule has 8 aromatic rings. The fraction of sp³-hybridized carbons (Fsp3) is 0.125. The molecule has 2 aliphatic carbocycles. The second-order valence-electron chi connectivity index (χ2n) is 15.0. The summed E-state index contributed by atoms with van der Waals surface area (Å²) in [5, 5.41) is 4.81. The van der Waals surface area contributed by atoms with Crippen molar-refractivity contribution < 1.29 is 0 Å². The van der Waals surface area contributed by atoms with Gasteiger partial charge in [0.05, 0.1) is 11.9 Å². The molecule has 0 N–H and O–H groups in total. The molecule has 0 saturated carbocycles. The number of benzene rings is 7. The van der Waals surface area contributed by atoms with Gasteiger partial charge in [-0.15, -0.1) is 0 Å². The minimum absolute atomic E-state index is 0.0654. The van der Waals surface area contributed by atoms with Crippen LogP contribution < -0.4 is 0 Å². The third-order valence-corrected chi connectivity index (χ3v) is 11.6.